The number of carbonyl (C=O) groups excluding carboxylic acids is 1. The SMILES string of the molecule is CC(=O)Cn1c(=O)c2c(nc3n2CC(C)CN3c2ccc(C)c(C)c2)n(C)c1=O. The molecule has 0 aliphatic carbocycles. The smallest absolute Gasteiger partial charge is 0.312 e. The lowest BCUT2D eigenvalue weighted by Crippen LogP contribution is -2.41. The maximum atomic E-state index is 13.1. The summed E-state index contributed by atoms with van der Waals surface area (Å²) in [6.45, 7) is 8.78. The van der Waals surface area contributed by atoms with E-state index in [0.29, 0.717) is 23.7 Å². The molecular weight excluding hydrogens is 370 g/mol. The minimum Gasteiger partial charge on any atom is -0.312 e. The van der Waals surface area contributed by atoms with Gasteiger partial charge in [0.1, 0.15) is 5.78 Å². The Bertz CT molecular complexity index is 1260. The van der Waals surface area contributed by atoms with Gasteiger partial charge in [0.05, 0.1) is 6.54 Å². The highest BCUT2D eigenvalue weighted by molar-refractivity contribution is 5.78. The van der Waals surface area contributed by atoms with E-state index in [1.807, 2.05) is 4.57 Å². The minimum atomic E-state index is -0.529. The highest BCUT2D eigenvalue weighted by atomic mass is 16.2. The predicted octanol–water partition coefficient (Wildman–Crippen LogP) is 1.89. The number of aromatic nitrogens is 4. The van der Waals surface area contributed by atoms with Crippen LogP contribution in [0.2, 0.25) is 0 Å². The van der Waals surface area contributed by atoms with Crippen LogP contribution >= 0.6 is 0 Å². The highest BCUT2D eigenvalue weighted by Crippen LogP contribution is 2.33. The van der Waals surface area contributed by atoms with Crippen LogP contribution in [0, 0.1) is 19.8 Å². The maximum absolute atomic E-state index is 13.1. The number of benzene rings is 1. The largest absolute Gasteiger partial charge is 0.332 e. The fraction of sp³-hybridized carbons (Fsp3) is 0.429. The van der Waals surface area contributed by atoms with E-state index in [2.05, 4.69) is 43.9 Å². The van der Waals surface area contributed by atoms with Crippen LogP contribution in [-0.4, -0.2) is 31.0 Å². The maximum Gasteiger partial charge on any atom is 0.332 e. The summed E-state index contributed by atoms with van der Waals surface area (Å²) < 4.78 is 4.24. The number of imidazole rings is 1. The van der Waals surface area contributed by atoms with Gasteiger partial charge in [-0.25, -0.2) is 4.79 Å². The van der Waals surface area contributed by atoms with E-state index in [1.54, 1.807) is 7.05 Å². The summed E-state index contributed by atoms with van der Waals surface area (Å²) in [5.74, 6) is 0.681. The molecule has 0 radical (unpaired) electrons. The van der Waals surface area contributed by atoms with Crippen LogP contribution in [0.1, 0.15) is 25.0 Å². The van der Waals surface area contributed by atoms with Crippen molar-refractivity contribution < 1.29 is 4.79 Å². The summed E-state index contributed by atoms with van der Waals surface area (Å²) in [5.41, 5.74) is 3.11. The van der Waals surface area contributed by atoms with Crippen molar-refractivity contribution in [3.63, 3.8) is 0 Å². The van der Waals surface area contributed by atoms with E-state index in [4.69, 9.17) is 4.98 Å². The number of ketones is 1. The molecule has 0 spiro atoms. The van der Waals surface area contributed by atoms with Crippen LogP contribution < -0.4 is 16.1 Å². The summed E-state index contributed by atoms with van der Waals surface area (Å²) in [4.78, 5) is 44.2. The normalized spacial score (nSPS) is 16.3. The second kappa shape index (κ2) is 6.72. The third-order valence-corrected chi connectivity index (χ3v) is 5.63. The van der Waals surface area contributed by atoms with Gasteiger partial charge in [0.25, 0.3) is 5.56 Å². The molecule has 1 atom stereocenters. The lowest BCUT2D eigenvalue weighted by Gasteiger charge is -2.33. The summed E-state index contributed by atoms with van der Waals surface area (Å²) in [5, 5.41) is 0. The Morgan fingerprint density at radius 2 is 1.90 bits per heavy atom. The van der Waals surface area contributed by atoms with Crippen molar-refractivity contribution in [2.75, 3.05) is 11.4 Å². The number of hydrogen-bond donors (Lipinski definition) is 0. The van der Waals surface area contributed by atoms with E-state index in [0.717, 1.165) is 16.8 Å². The van der Waals surface area contributed by atoms with Crippen molar-refractivity contribution in [1.82, 2.24) is 18.7 Å². The zero-order valence-electron chi connectivity index (χ0n) is 17.4. The molecule has 3 aromatic rings. The van der Waals surface area contributed by atoms with Crippen LogP contribution in [0.4, 0.5) is 11.6 Å². The monoisotopic (exact) mass is 395 g/mol. The van der Waals surface area contributed by atoms with Gasteiger partial charge in [-0.2, -0.15) is 4.98 Å². The van der Waals surface area contributed by atoms with Gasteiger partial charge in [0.2, 0.25) is 5.95 Å². The number of aryl methyl sites for hydroxylation is 3. The molecular formula is C21H25N5O3. The lowest BCUT2D eigenvalue weighted by atomic mass is 10.1. The summed E-state index contributed by atoms with van der Waals surface area (Å²) in [7, 11) is 1.59. The molecule has 8 nitrogen and oxygen atoms in total. The predicted molar refractivity (Wildman–Crippen MR) is 112 cm³/mol. The molecule has 0 bridgehead atoms. The summed E-state index contributed by atoms with van der Waals surface area (Å²) >= 11 is 0. The zero-order valence-corrected chi connectivity index (χ0v) is 17.4. The van der Waals surface area contributed by atoms with E-state index in [1.165, 1.54) is 22.6 Å². The van der Waals surface area contributed by atoms with Gasteiger partial charge in [0, 0.05) is 25.8 Å². The Morgan fingerprint density at radius 1 is 1.17 bits per heavy atom. The third kappa shape index (κ3) is 2.99. The second-order valence-corrected chi connectivity index (χ2v) is 8.11. The van der Waals surface area contributed by atoms with Crippen molar-refractivity contribution >= 4 is 28.6 Å². The summed E-state index contributed by atoms with van der Waals surface area (Å²) in [6.07, 6.45) is 0. The van der Waals surface area contributed by atoms with Gasteiger partial charge in [-0.3, -0.25) is 18.7 Å². The molecule has 29 heavy (non-hydrogen) atoms. The van der Waals surface area contributed by atoms with Crippen LogP contribution in [0.15, 0.2) is 27.8 Å². The summed E-state index contributed by atoms with van der Waals surface area (Å²) in [6, 6.07) is 6.24. The first-order chi connectivity index (χ1) is 13.7. The molecule has 0 fully saturated rings. The molecule has 0 N–H and O–H groups in total. The van der Waals surface area contributed by atoms with Crippen LogP contribution in [0.3, 0.4) is 0 Å². The number of carbonyl (C=O) groups is 1. The van der Waals surface area contributed by atoms with E-state index in [-0.39, 0.29) is 18.2 Å². The van der Waals surface area contributed by atoms with E-state index >= 15 is 0 Å². The average Bonchev–Trinajstić information content (AvgIpc) is 3.04. The van der Waals surface area contributed by atoms with Crippen LogP contribution in [0.25, 0.3) is 11.2 Å². The number of Topliss-reactive ketones (excluding diaryl/α,β-unsaturated/α-hetero) is 1. The van der Waals surface area contributed by atoms with Crippen molar-refractivity contribution in [3.8, 4) is 0 Å². The van der Waals surface area contributed by atoms with Crippen molar-refractivity contribution in [2.24, 2.45) is 13.0 Å². The van der Waals surface area contributed by atoms with Gasteiger partial charge in [-0.15, -0.1) is 0 Å². The standard InChI is InChI=1S/C21H25N5O3/c1-12-9-24(16-7-6-13(2)14(3)8-16)20-22-18-17(25(20)10-12)19(28)26(11-15(4)27)21(29)23(18)5/h6-8,12H,9-11H2,1-5H3. The van der Waals surface area contributed by atoms with Gasteiger partial charge in [0.15, 0.2) is 11.2 Å². The van der Waals surface area contributed by atoms with Gasteiger partial charge < -0.3 is 9.47 Å². The average molecular weight is 395 g/mol. The van der Waals surface area contributed by atoms with Crippen molar-refractivity contribution in [1.29, 1.82) is 0 Å². The van der Waals surface area contributed by atoms with Gasteiger partial charge >= 0.3 is 5.69 Å². The van der Waals surface area contributed by atoms with Gasteiger partial charge in [-0.1, -0.05) is 13.0 Å². The molecule has 152 valence electrons. The molecule has 1 unspecified atom stereocenters. The number of rotatable bonds is 3. The molecule has 2 aromatic heterocycles. The molecule has 1 aliphatic heterocycles. The van der Waals surface area contributed by atoms with E-state index < -0.39 is 11.2 Å². The third-order valence-electron chi connectivity index (χ3n) is 5.63. The minimum absolute atomic E-state index is 0.238. The Balaban J connectivity index is 2.00. The molecule has 0 saturated heterocycles. The van der Waals surface area contributed by atoms with Crippen LogP contribution in [0.5, 0.6) is 0 Å². The topological polar surface area (TPSA) is 82.1 Å². The first-order valence-corrected chi connectivity index (χ1v) is 9.73. The lowest BCUT2D eigenvalue weighted by molar-refractivity contribution is -0.117. The molecule has 1 aliphatic rings. The fourth-order valence-corrected chi connectivity index (χ4v) is 3.98. The van der Waals surface area contributed by atoms with Crippen LogP contribution in [-0.2, 0) is 24.9 Å². The second-order valence-electron chi connectivity index (χ2n) is 8.11. The molecule has 4 rings (SSSR count). The molecule has 3 heterocycles. The Labute approximate surface area is 168 Å². The van der Waals surface area contributed by atoms with E-state index in [9.17, 15) is 14.4 Å². The van der Waals surface area contributed by atoms with Gasteiger partial charge in [-0.05, 0) is 49.9 Å². The quantitative estimate of drug-likeness (QED) is 0.676. The Kier molecular flexibility index (Phi) is 4.44. The number of fused-ring (bicyclic) bond motifs is 3. The Morgan fingerprint density at radius 3 is 2.55 bits per heavy atom. The first-order valence-electron chi connectivity index (χ1n) is 9.73. The Hall–Kier alpha value is -3.16. The first kappa shape index (κ1) is 19.2. The molecule has 8 heteroatoms. The number of nitrogens with zero attached hydrogens (tertiary/aromatic N) is 5. The molecule has 1 aromatic carbocycles. The van der Waals surface area contributed by atoms with Crippen molar-refractivity contribution in [2.45, 2.75) is 40.8 Å². The van der Waals surface area contributed by atoms with Crippen molar-refractivity contribution in [3.05, 3.63) is 50.2 Å². The molecule has 0 amide bonds. The zero-order chi connectivity index (χ0) is 21.0. The number of hydrogen-bond acceptors (Lipinski definition) is 5. The fourth-order valence-electron chi connectivity index (χ4n) is 3.98. The highest BCUT2D eigenvalue weighted by Gasteiger charge is 2.30. The number of anilines is 2. The molecule has 0 saturated carbocycles.